The van der Waals surface area contributed by atoms with Crippen LogP contribution in [0.15, 0.2) is 6.07 Å². The molecule has 1 saturated heterocycles. The van der Waals surface area contributed by atoms with Gasteiger partial charge in [-0.05, 0) is 57.4 Å². The largest absolute Gasteiger partial charge is 0.364 e. The average Bonchev–Trinajstić information content (AvgIpc) is 3.48. The number of nitrogens with zero attached hydrogens (tertiary/aromatic N) is 4. The van der Waals surface area contributed by atoms with Crippen molar-refractivity contribution in [3.05, 3.63) is 23.1 Å². The van der Waals surface area contributed by atoms with Gasteiger partial charge in [-0.25, -0.2) is 0 Å². The third-order valence-electron chi connectivity index (χ3n) is 7.01. The Hall–Kier alpha value is -2.19. The number of rotatable bonds is 7. The van der Waals surface area contributed by atoms with Crippen LogP contribution in [0.1, 0.15) is 54.0 Å². The molecule has 2 N–H and O–H groups in total. The number of aromatic nitrogens is 3. The van der Waals surface area contributed by atoms with Crippen molar-refractivity contribution < 1.29 is 14.4 Å². The number of likely N-dealkylation sites (tertiary alicyclic amines) is 1. The van der Waals surface area contributed by atoms with E-state index in [1.165, 1.54) is 4.68 Å². The molecule has 2 amide bonds. The molecule has 0 radical (unpaired) electrons. The van der Waals surface area contributed by atoms with E-state index < -0.39 is 16.3 Å². The van der Waals surface area contributed by atoms with Gasteiger partial charge in [0.15, 0.2) is 11.5 Å². The zero-order chi connectivity index (χ0) is 22.9. The molecule has 5 rings (SSSR count). The summed E-state index contributed by atoms with van der Waals surface area (Å²) in [5, 5.41) is 4.92. The van der Waals surface area contributed by atoms with Crippen molar-refractivity contribution in [2.45, 2.75) is 68.9 Å². The molecule has 3 aliphatic rings. The Kier molecular flexibility index (Phi) is 5.02. The van der Waals surface area contributed by atoms with Crippen molar-refractivity contribution in [1.82, 2.24) is 19.7 Å². The number of aryl methyl sites for hydroxylation is 2. The Morgan fingerprint density at radius 1 is 1.25 bits per heavy atom. The molecular weight excluding hydrogens is 453 g/mol. The first-order valence-corrected chi connectivity index (χ1v) is 11.7. The maximum absolute atomic E-state index is 13.4. The van der Waals surface area contributed by atoms with E-state index in [-0.39, 0.29) is 35.9 Å². The number of amides is 2. The summed E-state index contributed by atoms with van der Waals surface area (Å²) >= 11 is 12.2. The molecule has 3 fully saturated rings. The molecule has 2 saturated carbocycles. The van der Waals surface area contributed by atoms with Crippen LogP contribution in [0.4, 0.5) is 0 Å². The van der Waals surface area contributed by atoms with E-state index in [1.54, 1.807) is 11.0 Å². The first-order chi connectivity index (χ1) is 15.1. The van der Waals surface area contributed by atoms with E-state index in [4.69, 9.17) is 28.9 Å². The summed E-state index contributed by atoms with van der Waals surface area (Å²) in [5.74, 6) is -0.230. The number of Topliss-reactive ketones (excluding diaryl/α,β-unsaturated/α-hetero) is 1. The quantitative estimate of drug-likeness (QED) is 0.616. The van der Waals surface area contributed by atoms with Crippen LogP contribution in [0, 0.1) is 25.7 Å². The van der Waals surface area contributed by atoms with Crippen LogP contribution in [-0.2, 0) is 16.1 Å². The van der Waals surface area contributed by atoms with Gasteiger partial charge in [0.2, 0.25) is 5.91 Å². The predicted octanol–water partition coefficient (Wildman–Crippen LogP) is 2.68. The highest BCUT2D eigenvalue weighted by Gasteiger charge is 2.56. The monoisotopic (exact) mass is 477 g/mol. The number of nitrogens with two attached hydrogens (primary N) is 1. The predicted molar refractivity (Wildman–Crippen MR) is 119 cm³/mol. The normalized spacial score (nSPS) is 27.4. The van der Waals surface area contributed by atoms with E-state index in [1.807, 2.05) is 13.8 Å². The van der Waals surface area contributed by atoms with Crippen molar-refractivity contribution in [3.63, 3.8) is 0 Å². The highest BCUT2D eigenvalue weighted by atomic mass is 35.5. The summed E-state index contributed by atoms with van der Waals surface area (Å²) in [7, 11) is 0. The van der Waals surface area contributed by atoms with Crippen LogP contribution < -0.4 is 5.73 Å². The van der Waals surface area contributed by atoms with Crippen LogP contribution in [0.5, 0.6) is 0 Å². The minimum atomic E-state index is -0.697. The maximum Gasteiger partial charge on any atom is 0.269 e. The topological polar surface area (TPSA) is 111 Å². The zero-order valence-electron chi connectivity index (χ0n) is 18.0. The minimum Gasteiger partial charge on any atom is -0.364 e. The second-order valence-electron chi connectivity index (χ2n) is 9.40. The molecule has 0 aromatic carbocycles. The summed E-state index contributed by atoms with van der Waals surface area (Å²) in [6.45, 7) is 3.57. The Bertz CT molecular complexity index is 1160. The maximum atomic E-state index is 13.4. The van der Waals surface area contributed by atoms with E-state index in [0.29, 0.717) is 48.2 Å². The van der Waals surface area contributed by atoms with Gasteiger partial charge in [0.25, 0.3) is 5.91 Å². The number of pyridine rings is 1. The molecule has 4 atom stereocenters. The Labute approximate surface area is 195 Å². The molecule has 32 heavy (non-hydrogen) atoms. The zero-order valence-corrected chi connectivity index (χ0v) is 19.5. The highest BCUT2D eigenvalue weighted by molar-refractivity contribution is 6.50. The molecule has 8 nitrogen and oxygen atoms in total. The third-order valence-corrected chi connectivity index (χ3v) is 7.93. The molecule has 3 heterocycles. The van der Waals surface area contributed by atoms with Gasteiger partial charge in [-0.2, -0.15) is 5.10 Å². The van der Waals surface area contributed by atoms with Crippen molar-refractivity contribution in [2.24, 2.45) is 17.6 Å². The van der Waals surface area contributed by atoms with E-state index in [9.17, 15) is 14.4 Å². The van der Waals surface area contributed by atoms with Gasteiger partial charge >= 0.3 is 0 Å². The Balaban J connectivity index is 1.36. The van der Waals surface area contributed by atoms with Crippen LogP contribution >= 0.6 is 23.2 Å². The molecular formula is C22H25Cl2N5O3. The lowest BCUT2D eigenvalue weighted by Gasteiger charge is -2.27. The van der Waals surface area contributed by atoms with Gasteiger partial charge in [0.05, 0.1) is 17.3 Å². The number of carbonyl (C=O) groups is 3. The number of piperidine rings is 1. The van der Waals surface area contributed by atoms with Crippen LogP contribution in [0.3, 0.4) is 0 Å². The number of fused-ring (bicyclic) bond motifs is 2. The third kappa shape index (κ3) is 3.67. The average molecular weight is 478 g/mol. The second kappa shape index (κ2) is 7.42. The van der Waals surface area contributed by atoms with Crippen molar-refractivity contribution in [1.29, 1.82) is 0 Å². The molecule has 0 bridgehead atoms. The van der Waals surface area contributed by atoms with Gasteiger partial charge in [0, 0.05) is 23.5 Å². The van der Waals surface area contributed by atoms with Crippen LogP contribution in [0.2, 0.25) is 0 Å². The Morgan fingerprint density at radius 3 is 2.62 bits per heavy atom. The number of primary amides is 1. The molecule has 1 aliphatic heterocycles. The first kappa shape index (κ1) is 21.6. The van der Waals surface area contributed by atoms with Crippen molar-refractivity contribution in [3.8, 4) is 0 Å². The first-order valence-electron chi connectivity index (χ1n) is 10.9. The Morgan fingerprint density at radius 2 is 1.97 bits per heavy atom. The van der Waals surface area contributed by atoms with Crippen molar-refractivity contribution in [2.75, 3.05) is 0 Å². The van der Waals surface area contributed by atoms with Gasteiger partial charge in [-0.3, -0.25) is 24.0 Å². The molecule has 0 unspecified atom stereocenters. The number of hydrogen-bond donors (Lipinski definition) is 1. The van der Waals surface area contributed by atoms with Crippen LogP contribution in [0.25, 0.3) is 10.9 Å². The van der Waals surface area contributed by atoms with Gasteiger partial charge in [0.1, 0.15) is 10.9 Å². The summed E-state index contributed by atoms with van der Waals surface area (Å²) in [5.41, 5.74) is 7.66. The number of halogens is 2. The lowest BCUT2D eigenvalue weighted by atomic mass is 10.0. The van der Waals surface area contributed by atoms with E-state index in [0.717, 1.165) is 12.1 Å². The fraction of sp³-hybridized carbons (Fsp3) is 0.591. The SMILES string of the molecule is Cc1cc2c(C(N)=O)nn(CC(=O)N3[C@@H]4C[C@@H]4C[C@H]3C(=O)CC[C@H]3CC3(Cl)Cl)c2c(C)n1. The highest BCUT2D eigenvalue weighted by Crippen LogP contribution is 2.55. The lowest BCUT2D eigenvalue weighted by Crippen LogP contribution is -2.44. The summed E-state index contributed by atoms with van der Waals surface area (Å²) in [6, 6.07) is 1.45. The van der Waals surface area contributed by atoms with Crippen LogP contribution in [-0.4, -0.2) is 53.7 Å². The lowest BCUT2D eigenvalue weighted by molar-refractivity contribution is -0.139. The van der Waals surface area contributed by atoms with E-state index >= 15 is 0 Å². The molecule has 170 valence electrons. The van der Waals surface area contributed by atoms with Crippen molar-refractivity contribution >= 4 is 51.7 Å². The second-order valence-corrected chi connectivity index (χ2v) is 10.9. The fourth-order valence-corrected chi connectivity index (χ4v) is 5.82. The smallest absolute Gasteiger partial charge is 0.269 e. The summed E-state index contributed by atoms with van der Waals surface area (Å²) in [4.78, 5) is 44.4. The molecule has 2 aliphatic carbocycles. The fourth-order valence-electron chi connectivity index (χ4n) is 5.23. The molecule has 2 aromatic heterocycles. The van der Waals surface area contributed by atoms with Gasteiger partial charge < -0.3 is 10.6 Å². The molecule has 0 spiro atoms. The molecule has 2 aromatic rings. The van der Waals surface area contributed by atoms with Gasteiger partial charge in [-0.1, -0.05) is 0 Å². The van der Waals surface area contributed by atoms with E-state index in [2.05, 4.69) is 10.1 Å². The number of hydrogen-bond acceptors (Lipinski definition) is 5. The number of ketones is 1. The standard InChI is InChI=1S/C22H25Cl2N5O3/c1-10-5-14-19(21(25)32)27-28(20(14)11(2)26-10)9-18(31)29-15-6-12(15)7-16(29)17(30)4-3-13-8-22(13,23)24/h5,12-13,15-16H,3-4,6-9H2,1-2H3,(H2,25,32)/t12-,13+,15-,16+/m1/s1. The number of carbonyl (C=O) groups excluding carboxylic acids is 3. The van der Waals surface area contributed by atoms with Gasteiger partial charge in [-0.15, -0.1) is 23.2 Å². The number of alkyl halides is 2. The minimum absolute atomic E-state index is 0.0678. The molecule has 10 heteroatoms. The summed E-state index contributed by atoms with van der Waals surface area (Å²) in [6.07, 6.45) is 3.37. The summed E-state index contributed by atoms with van der Waals surface area (Å²) < 4.78 is 0.799.